The molecule has 0 radical (unpaired) electrons. The van der Waals surface area contributed by atoms with Crippen LogP contribution in [0.1, 0.15) is 0 Å². The molecule has 13 heavy (non-hydrogen) atoms. The molecule has 1 aromatic carbocycles. The van der Waals surface area contributed by atoms with Gasteiger partial charge in [0.25, 0.3) is 0 Å². The van der Waals surface area contributed by atoms with Crippen LogP contribution < -0.4 is 4.74 Å². The molecule has 66 valence electrons. The van der Waals surface area contributed by atoms with Crippen molar-refractivity contribution < 1.29 is 9.13 Å². The fourth-order valence-electron chi connectivity index (χ4n) is 1.66. The standard InChI is InChI=1S/C9H7FN2O/c10-6-1-2-7-9-8(6)11-5-12(9)3-4-13-7/h1-2,5H,3-4H2. The van der Waals surface area contributed by atoms with Gasteiger partial charge in [0, 0.05) is 0 Å². The number of aromatic nitrogens is 2. The Hall–Kier alpha value is -1.58. The monoisotopic (exact) mass is 178 g/mol. The molecule has 0 amide bonds. The van der Waals surface area contributed by atoms with Crippen molar-refractivity contribution in [1.29, 1.82) is 0 Å². The minimum Gasteiger partial charge on any atom is -0.489 e. The van der Waals surface area contributed by atoms with Crippen molar-refractivity contribution in [3.8, 4) is 5.75 Å². The van der Waals surface area contributed by atoms with Crippen LogP contribution in [0.4, 0.5) is 4.39 Å². The zero-order valence-corrected chi connectivity index (χ0v) is 6.83. The Morgan fingerprint density at radius 2 is 2.38 bits per heavy atom. The second kappa shape index (κ2) is 2.22. The highest BCUT2D eigenvalue weighted by molar-refractivity contribution is 5.83. The molecule has 1 aliphatic heterocycles. The highest BCUT2D eigenvalue weighted by Gasteiger charge is 2.16. The molecule has 0 atom stereocenters. The van der Waals surface area contributed by atoms with E-state index in [1.165, 1.54) is 6.07 Å². The Morgan fingerprint density at radius 3 is 3.31 bits per heavy atom. The molecule has 4 heteroatoms. The lowest BCUT2D eigenvalue weighted by Gasteiger charge is -2.15. The van der Waals surface area contributed by atoms with E-state index in [0.717, 1.165) is 17.8 Å². The summed E-state index contributed by atoms with van der Waals surface area (Å²) in [5, 5.41) is 0. The van der Waals surface area contributed by atoms with Crippen LogP contribution >= 0.6 is 0 Å². The number of rotatable bonds is 0. The van der Waals surface area contributed by atoms with Crippen LogP contribution in [0, 0.1) is 5.82 Å². The van der Waals surface area contributed by atoms with Crippen LogP contribution in [-0.2, 0) is 6.54 Å². The normalized spacial score (nSPS) is 14.5. The first kappa shape index (κ1) is 6.88. The summed E-state index contributed by atoms with van der Waals surface area (Å²) in [6, 6.07) is 3.04. The summed E-state index contributed by atoms with van der Waals surface area (Å²) in [5.41, 5.74) is 1.17. The van der Waals surface area contributed by atoms with Crippen molar-refractivity contribution in [2.75, 3.05) is 6.61 Å². The Morgan fingerprint density at radius 1 is 1.46 bits per heavy atom. The fourth-order valence-corrected chi connectivity index (χ4v) is 1.66. The lowest BCUT2D eigenvalue weighted by molar-refractivity contribution is 0.286. The number of imidazole rings is 1. The molecule has 1 aromatic heterocycles. The molecule has 1 aliphatic rings. The van der Waals surface area contributed by atoms with Gasteiger partial charge >= 0.3 is 0 Å². The number of halogens is 1. The van der Waals surface area contributed by atoms with Gasteiger partial charge in [0.05, 0.1) is 12.9 Å². The molecular weight excluding hydrogens is 171 g/mol. The zero-order valence-electron chi connectivity index (χ0n) is 6.83. The van der Waals surface area contributed by atoms with Crippen LogP contribution in [0.3, 0.4) is 0 Å². The molecule has 3 rings (SSSR count). The van der Waals surface area contributed by atoms with E-state index < -0.39 is 0 Å². The molecule has 0 aliphatic carbocycles. The first-order chi connectivity index (χ1) is 6.36. The number of benzene rings is 1. The molecule has 2 heterocycles. The quantitative estimate of drug-likeness (QED) is 0.612. The second-order valence-corrected chi connectivity index (χ2v) is 3.03. The molecule has 0 bridgehead atoms. The van der Waals surface area contributed by atoms with Gasteiger partial charge in [-0.15, -0.1) is 0 Å². The molecule has 3 nitrogen and oxygen atoms in total. The maximum Gasteiger partial charge on any atom is 0.151 e. The number of hydrogen-bond donors (Lipinski definition) is 0. The van der Waals surface area contributed by atoms with E-state index in [1.54, 1.807) is 12.4 Å². The fraction of sp³-hybridized carbons (Fsp3) is 0.222. The van der Waals surface area contributed by atoms with Crippen LogP contribution in [0.25, 0.3) is 11.0 Å². The topological polar surface area (TPSA) is 27.1 Å². The van der Waals surface area contributed by atoms with Gasteiger partial charge in [-0.25, -0.2) is 9.37 Å². The lowest BCUT2D eigenvalue weighted by Crippen LogP contribution is -2.13. The third kappa shape index (κ3) is 0.798. The van der Waals surface area contributed by atoms with E-state index in [1.807, 2.05) is 4.57 Å². The summed E-state index contributed by atoms with van der Waals surface area (Å²) in [5.74, 6) is 0.433. The maximum absolute atomic E-state index is 13.2. The van der Waals surface area contributed by atoms with Crippen LogP contribution in [-0.4, -0.2) is 16.2 Å². The molecule has 0 unspecified atom stereocenters. The average Bonchev–Trinajstić information content (AvgIpc) is 2.57. The Bertz CT molecular complexity index is 478. The van der Waals surface area contributed by atoms with Crippen LogP contribution in [0.2, 0.25) is 0 Å². The van der Waals surface area contributed by atoms with E-state index in [0.29, 0.717) is 12.1 Å². The zero-order chi connectivity index (χ0) is 8.84. The van der Waals surface area contributed by atoms with E-state index in [9.17, 15) is 4.39 Å². The van der Waals surface area contributed by atoms with Gasteiger partial charge in [0.1, 0.15) is 23.4 Å². The van der Waals surface area contributed by atoms with Gasteiger partial charge in [0.15, 0.2) is 5.82 Å². The Balaban J connectivity index is 2.50. The number of nitrogens with zero attached hydrogens (tertiary/aromatic N) is 2. The summed E-state index contributed by atoms with van der Waals surface area (Å²) in [4.78, 5) is 4.00. The van der Waals surface area contributed by atoms with E-state index in [4.69, 9.17) is 4.74 Å². The van der Waals surface area contributed by atoms with Gasteiger partial charge in [-0.2, -0.15) is 0 Å². The van der Waals surface area contributed by atoms with Gasteiger partial charge < -0.3 is 9.30 Å². The SMILES string of the molecule is Fc1ccc2c3c1ncn3CCO2. The molecule has 2 aromatic rings. The summed E-state index contributed by atoms with van der Waals surface area (Å²) >= 11 is 0. The third-order valence-corrected chi connectivity index (χ3v) is 2.27. The summed E-state index contributed by atoms with van der Waals surface area (Å²) < 4.78 is 20.5. The highest BCUT2D eigenvalue weighted by Crippen LogP contribution is 2.29. The first-order valence-electron chi connectivity index (χ1n) is 4.12. The van der Waals surface area contributed by atoms with Gasteiger partial charge in [-0.1, -0.05) is 0 Å². The van der Waals surface area contributed by atoms with E-state index >= 15 is 0 Å². The summed E-state index contributed by atoms with van der Waals surface area (Å²) in [6.45, 7) is 1.37. The van der Waals surface area contributed by atoms with Crippen molar-refractivity contribution in [1.82, 2.24) is 9.55 Å². The van der Waals surface area contributed by atoms with Crippen molar-refractivity contribution >= 4 is 11.0 Å². The van der Waals surface area contributed by atoms with Crippen molar-refractivity contribution in [3.63, 3.8) is 0 Å². The van der Waals surface area contributed by atoms with Crippen LogP contribution in [0.15, 0.2) is 18.5 Å². The van der Waals surface area contributed by atoms with E-state index in [-0.39, 0.29) is 5.82 Å². The second-order valence-electron chi connectivity index (χ2n) is 3.03. The molecule has 0 N–H and O–H groups in total. The molecule has 0 saturated carbocycles. The highest BCUT2D eigenvalue weighted by atomic mass is 19.1. The largest absolute Gasteiger partial charge is 0.489 e. The van der Waals surface area contributed by atoms with Crippen molar-refractivity contribution in [2.24, 2.45) is 0 Å². The van der Waals surface area contributed by atoms with Crippen molar-refractivity contribution in [2.45, 2.75) is 6.54 Å². The predicted octanol–water partition coefficient (Wildman–Crippen LogP) is 1.57. The summed E-state index contributed by atoms with van der Waals surface area (Å²) in [6.07, 6.45) is 1.65. The molecular formula is C9H7FN2O. The Labute approximate surface area is 73.8 Å². The Kier molecular flexibility index (Phi) is 1.17. The first-order valence-corrected chi connectivity index (χ1v) is 4.12. The van der Waals surface area contributed by atoms with E-state index in [2.05, 4.69) is 4.98 Å². The number of hydrogen-bond acceptors (Lipinski definition) is 2. The predicted molar refractivity (Wildman–Crippen MR) is 45.2 cm³/mol. The van der Waals surface area contributed by atoms with Gasteiger partial charge in [-0.3, -0.25) is 0 Å². The molecule has 0 saturated heterocycles. The van der Waals surface area contributed by atoms with Gasteiger partial charge in [0.2, 0.25) is 0 Å². The minimum atomic E-state index is -0.289. The minimum absolute atomic E-state index is 0.289. The smallest absolute Gasteiger partial charge is 0.151 e. The lowest BCUT2D eigenvalue weighted by atomic mass is 10.2. The maximum atomic E-state index is 13.2. The molecule has 0 spiro atoms. The van der Waals surface area contributed by atoms with Crippen molar-refractivity contribution in [3.05, 3.63) is 24.3 Å². The van der Waals surface area contributed by atoms with Crippen LogP contribution in [0.5, 0.6) is 5.75 Å². The van der Waals surface area contributed by atoms with Gasteiger partial charge in [-0.05, 0) is 12.1 Å². The summed E-state index contributed by atoms with van der Waals surface area (Å²) in [7, 11) is 0. The number of ether oxygens (including phenoxy) is 1. The third-order valence-electron chi connectivity index (χ3n) is 2.27. The molecule has 0 fully saturated rings. The average molecular weight is 178 g/mol.